The van der Waals surface area contributed by atoms with Crippen LogP contribution in [0.15, 0.2) is 48.5 Å². The number of nitrogens with zero attached hydrogens (tertiary/aromatic N) is 1. The standard InChI is InChI=1S/C21H18Cl2FNO2/c1-13-7-20(14(2)25(13)11-15-3-5-18(24)6-4-15)21(26)12-27-19-9-16(22)8-17(23)10-19/h3-10H,11-12H2,1-2H3. The topological polar surface area (TPSA) is 31.2 Å². The molecule has 140 valence electrons. The Morgan fingerprint density at radius 1 is 1.04 bits per heavy atom. The molecule has 0 fully saturated rings. The lowest BCUT2D eigenvalue weighted by molar-refractivity contribution is 0.0921. The largest absolute Gasteiger partial charge is 0.485 e. The molecular formula is C21H18Cl2FNO2. The number of rotatable bonds is 6. The number of halogens is 3. The highest BCUT2D eigenvalue weighted by molar-refractivity contribution is 6.34. The lowest BCUT2D eigenvalue weighted by atomic mass is 10.1. The number of Topliss-reactive ketones (excluding diaryl/α,β-unsaturated/α-hetero) is 1. The van der Waals surface area contributed by atoms with Crippen molar-refractivity contribution in [1.82, 2.24) is 4.57 Å². The molecule has 0 saturated heterocycles. The zero-order valence-corrected chi connectivity index (χ0v) is 16.4. The van der Waals surface area contributed by atoms with Gasteiger partial charge in [0.1, 0.15) is 11.6 Å². The van der Waals surface area contributed by atoms with E-state index in [1.165, 1.54) is 12.1 Å². The van der Waals surface area contributed by atoms with Gasteiger partial charge in [-0.25, -0.2) is 4.39 Å². The minimum absolute atomic E-state index is 0.114. The van der Waals surface area contributed by atoms with Crippen LogP contribution in [0.25, 0.3) is 0 Å². The number of hydrogen-bond acceptors (Lipinski definition) is 2. The quantitative estimate of drug-likeness (QED) is 0.480. The fraction of sp³-hybridized carbons (Fsp3) is 0.190. The van der Waals surface area contributed by atoms with E-state index in [1.807, 2.05) is 24.5 Å². The molecule has 0 bridgehead atoms. The normalized spacial score (nSPS) is 10.9. The Morgan fingerprint density at radius 3 is 2.30 bits per heavy atom. The molecule has 0 saturated carbocycles. The first-order valence-electron chi connectivity index (χ1n) is 8.37. The maximum absolute atomic E-state index is 13.1. The number of benzene rings is 2. The van der Waals surface area contributed by atoms with Gasteiger partial charge in [0.05, 0.1) is 0 Å². The maximum atomic E-state index is 13.1. The van der Waals surface area contributed by atoms with E-state index in [1.54, 1.807) is 30.3 Å². The summed E-state index contributed by atoms with van der Waals surface area (Å²) in [5, 5.41) is 0.893. The van der Waals surface area contributed by atoms with Crippen molar-refractivity contribution < 1.29 is 13.9 Å². The first kappa shape index (κ1) is 19.5. The molecule has 0 amide bonds. The van der Waals surface area contributed by atoms with Crippen molar-refractivity contribution in [1.29, 1.82) is 0 Å². The summed E-state index contributed by atoms with van der Waals surface area (Å²) < 4.78 is 20.7. The van der Waals surface area contributed by atoms with E-state index >= 15 is 0 Å². The third-order valence-electron chi connectivity index (χ3n) is 4.33. The Hall–Kier alpha value is -2.30. The van der Waals surface area contributed by atoms with Crippen LogP contribution in [0.2, 0.25) is 10.0 Å². The van der Waals surface area contributed by atoms with E-state index < -0.39 is 0 Å². The molecule has 0 radical (unpaired) electrons. The molecular weight excluding hydrogens is 388 g/mol. The van der Waals surface area contributed by atoms with E-state index in [9.17, 15) is 9.18 Å². The third kappa shape index (κ3) is 4.71. The first-order valence-corrected chi connectivity index (χ1v) is 9.12. The van der Waals surface area contributed by atoms with Crippen molar-refractivity contribution in [2.24, 2.45) is 0 Å². The van der Waals surface area contributed by atoms with Gasteiger partial charge in [-0.15, -0.1) is 0 Å². The first-order chi connectivity index (χ1) is 12.8. The van der Waals surface area contributed by atoms with E-state index in [0.29, 0.717) is 27.9 Å². The Kier molecular flexibility index (Phi) is 5.88. The molecule has 0 N–H and O–H groups in total. The molecule has 3 rings (SSSR count). The number of hydrogen-bond donors (Lipinski definition) is 0. The molecule has 0 atom stereocenters. The summed E-state index contributed by atoms with van der Waals surface area (Å²) in [5.41, 5.74) is 3.35. The minimum atomic E-state index is -0.270. The van der Waals surface area contributed by atoms with Crippen LogP contribution >= 0.6 is 23.2 Å². The molecule has 0 unspecified atom stereocenters. The third-order valence-corrected chi connectivity index (χ3v) is 4.77. The molecule has 1 aromatic heterocycles. The van der Waals surface area contributed by atoms with Crippen LogP contribution in [0.4, 0.5) is 4.39 Å². The van der Waals surface area contributed by atoms with E-state index in [2.05, 4.69) is 0 Å². The Bertz CT molecular complexity index is 960. The summed E-state index contributed by atoms with van der Waals surface area (Å²) in [6, 6.07) is 13.0. The highest BCUT2D eigenvalue weighted by Crippen LogP contribution is 2.25. The molecule has 0 aliphatic carbocycles. The van der Waals surface area contributed by atoms with Crippen molar-refractivity contribution in [3.05, 3.63) is 86.9 Å². The zero-order valence-electron chi connectivity index (χ0n) is 14.9. The van der Waals surface area contributed by atoms with Gasteiger partial charge in [0.25, 0.3) is 0 Å². The Labute approximate surface area is 167 Å². The van der Waals surface area contributed by atoms with Crippen molar-refractivity contribution in [2.45, 2.75) is 20.4 Å². The molecule has 0 aliphatic heterocycles. The van der Waals surface area contributed by atoms with Gasteiger partial charge in [-0.1, -0.05) is 35.3 Å². The van der Waals surface area contributed by atoms with Gasteiger partial charge in [0.2, 0.25) is 5.78 Å². The second-order valence-corrected chi connectivity index (χ2v) is 7.19. The smallest absolute Gasteiger partial charge is 0.202 e. The number of aromatic nitrogens is 1. The second kappa shape index (κ2) is 8.15. The fourth-order valence-corrected chi connectivity index (χ4v) is 3.44. The van der Waals surface area contributed by atoms with Gasteiger partial charge in [-0.2, -0.15) is 0 Å². The number of carbonyl (C=O) groups is 1. The zero-order chi connectivity index (χ0) is 19.6. The summed E-state index contributed by atoms with van der Waals surface area (Å²) in [6.45, 7) is 4.28. The van der Waals surface area contributed by atoms with Crippen molar-refractivity contribution in [3.63, 3.8) is 0 Å². The van der Waals surface area contributed by atoms with Gasteiger partial charge in [-0.3, -0.25) is 4.79 Å². The molecule has 0 aliphatic rings. The van der Waals surface area contributed by atoms with Gasteiger partial charge in [-0.05, 0) is 55.8 Å². The monoisotopic (exact) mass is 405 g/mol. The molecule has 0 spiro atoms. The molecule has 6 heteroatoms. The highest BCUT2D eigenvalue weighted by atomic mass is 35.5. The SMILES string of the molecule is Cc1cc(C(=O)COc2cc(Cl)cc(Cl)c2)c(C)n1Cc1ccc(F)cc1. The summed E-state index contributed by atoms with van der Waals surface area (Å²) in [4.78, 5) is 12.6. The van der Waals surface area contributed by atoms with E-state index in [0.717, 1.165) is 17.0 Å². The van der Waals surface area contributed by atoms with Crippen LogP contribution < -0.4 is 4.74 Å². The average molecular weight is 406 g/mol. The van der Waals surface area contributed by atoms with Crippen LogP contribution in [0.3, 0.4) is 0 Å². The Balaban J connectivity index is 1.74. The lowest BCUT2D eigenvalue weighted by Crippen LogP contribution is -2.13. The predicted molar refractivity (Wildman–Crippen MR) is 106 cm³/mol. The van der Waals surface area contributed by atoms with Gasteiger partial charge in [0.15, 0.2) is 6.61 Å². The van der Waals surface area contributed by atoms with Crippen LogP contribution in [-0.4, -0.2) is 17.0 Å². The van der Waals surface area contributed by atoms with Crippen LogP contribution in [-0.2, 0) is 6.54 Å². The summed E-state index contributed by atoms with van der Waals surface area (Å²) in [5.74, 6) is 0.0411. The van der Waals surface area contributed by atoms with Gasteiger partial charge in [0, 0.05) is 33.5 Å². The van der Waals surface area contributed by atoms with Crippen LogP contribution in [0, 0.1) is 19.7 Å². The van der Waals surface area contributed by atoms with Crippen LogP contribution in [0.5, 0.6) is 5.75 Å². The number of aryl methyl sites for hydroxylation is 1. The second-order valence-electron chi connectivity index (χ2n) is 6.31. The van der Waals surface area contributed by atoms with Crippen molar-refractivity contribution in [2.75, 3.05) is 6.61 Å². The number of ether oxygens (including phenoxy) is 1. The van der Waals surface area contributed by atoms with Crippen LogP contribution in [0.1, 0.15) is 27.3 Å². The maximum Gasteiger partial charge on any atom is 0.202 e. The van der Waals surface area contributed by atoms with Crippen molar-refractivity contribution in [3.8, 4) is 5.75 Å². The predicted octanol–water partition coefficient (Wildman–Crippen LogP) is 5.86. The molecule has 27 heavy (non-hydrogen) atoms. The lowest BCUT2D eigenvalue weighted by Gasteiger charge is -2.10. The number of carbonyl (C=O) groups excluding carboxylic acids is 1. The molecule has 3 nitrogen and oxygen atoms in total. The number of ketones is 1. The summed E-state index contributed by atoms with van der Waals surface area (Å²) in [7, 11) is 0. The Morgan fingerprint density at radius 2 is 1.67 bits per heavy atom. The summed E-state index contributed by atoms with van der Waals surface area (Å²) >= 11 is 11.9. The highest BCUT2D eigenvalue weighted by Gasteiger charge is 2.16. The fourth-order valence-electron chi connectivity index (χ4n) is 2.94. The van der Waals surface area contributed by atoms with Gasteiger partial charge < -0.3 is 9.30 Å². The van der Waals surface area contributed by atoms with E-state index in [4.69, 9.17) is 27.9 Å². The molecule has 3 aromatic rings. The average Bonchev–Trinajstić information content (AvgIpc) is 2.89. The minimum Gasteiger partial charge on any atom is -0.485 e. The van der Waals surface area contributed by atoms with Gasteiger partial charge >= 0.3 is 0 Å². The molecule has 2 aromatic carbocycles. The van der Waals surface area contributed by atoms with E-state index in [-0.39, 0.29) is 18.2 Å². The summed E-state index contributed by atoms with van der Waals surface area (Å²) in [6.07, 6.45) is 0. The van der Waals surface area contributed by atoms with Crippen molar-refractivity contribution >= 4 is 29.0 Å². The molecule has 1 heterocycles.